The summed E-state index contributed by atoms with van der Waals surface area (Å²) in [5, 5.41) is 11.1. The van der Waals surface area contributed by atoms with E-state index in [1.165, 1.54) is 4.90 Å². The second kappa shape index (κ2) is 10.2. The van der Waals surface area contributed by atoms with Crippen LogP contribution >= 0.6 is 0 Å². The van der Waals surface area contributed by atoms with Crippen LogP contribution in [0.15, 0.2) is 72.8 Å². The first kappa shape index (κ1) is 23.1. The maximum atomic E-state index is 13.1. The summed E-state index contributed by atoms with van der Waals surface area (Å²) in [7, 11) is 1.55. The van der Waals surface area contributed by atoms with Gasteiger partial charge in [-0.05, 0) is 55.3 Å². The van der Waals surface area contributed by atoms with Crippen molar-refractivity contribution in [1.29, 1.82) is 0 Å². The molecule has 0 spiro atoms. The molecule has 2 heterocycles. The number of Topliss-reactive ketones (excluding diaryl/α,β-unsaturated/α-hetero) is 1. The predicted octanol–water partition coefficient (Wildman–Crippen LogP) is 3.80. The molecule has 0 bridgehead atoms. The van der Waals surface area contributed by atoms with Crippen molar-refractivity contribution in [2.45, 2.75) is 25.9 Å². The van der Waals surface area contributed by atoms with Crippen LogP contribution in [-0.2, 0) is 16.1 Å². The molecule has 1 fully saturated rings. The van der Waals surface area contributed by atoms with Gasteiger partial charge in [0.25, 0.3) is 11.7 Å². The molecule has 8 nitrogen and oxygen atoms in total. The Morgan fingerprint density at radius 1 is 1.03 bits per heavy atom. The minimum absolute atomic E-state index is 0.0713. The number of carbonyl (C=O) groups excluding carboxylic acids is 2. The Hall–Kier alpha value is -4.07. The van der Waals surface area contributed by atoms with Crippen LogP contribution in [0.1, 0.15) is 30.5 Å². The molecule has 8 heteroatoms. The topological polar surface area (TPSA) is 93.9 Å². The van der Waals surface area contributed by atoms with E-state index in [4.69, 9.17) is 9.47 Å². The third kappa shape index (κ3) is 4.66. The van der Waals surface area contributed by atoms with Gasteiger partial charge in [0.1, 0.15) is 17.3 Å². The fraction of sp³-hybridized carbons (Fsp3) is 0.269. The summed E-state index contributed by atoms with van der Waals surface area (Å²) in [5.41, 5.74) is 1.23. The molecule has 1 N–H and O–H groups in total. The number of nitrogens with zero attached hydrogens (tertiary/aromatic N) is 3. The van der Waals surface area contributed by atoms with Gasteiger partial charge in [-0.1, -0.05) is 12.1 Å². The minimum Gasteiger partial charge on any atom is -0.507 e. The first-order valence-electron chi connectivity index (χ1n) is 11.1. The zero-order chi connectivity index (χ0) is 24.1. The summed E-state index contributed by atoms with van der Waals surface area (Å²) in [6.45, 7) is 3.43. The Balaban J connectivity index is 1.71. The monoisotopic (exact) mass is 461 g/mol. The van der Waals surface area contributed by atoms with Gasteiger partial charge < -0.3 is 24.0 Å². The van der Waals surface area contributed by atoms with Crippen molar-refractivity contribution >= 4 is 17.4 Å². The number of aliphatic hydroxyl groups is 1. The number of carbonyl (C=O) groups is 2. The van der Waals surface area contributed by atoms with Crippen molar-refractivity contribution in [3.8, 4) is 11.5 Å². The van der Waals surface area contributed by atoms with Crippen LogP contribution < -0.4 is 9.47 Å². The smallest absolute Gasteiger partial charge is 0.295 e. The molecule has 1 amide bonds. The highest BCUT2D eigenvalue weighted by atomic mass is 16.5. The maximum Gasteiger partial charge on any atom is 0.295 e. The lowest BCUT2D eigenvalue weighted by Crippen LogP contribution is -2.31. The number of likely N-dealkylation sites (tertiary alicyclic amines) is 1. The number of ketones is 1. The Labute approximate surface area is 198 Å². The minimum atomic E-state index is -0.708. The van der Waals surface area contributed by atoms with E-state index >= 15 is 0 Å². The molecule has 1 unspecified atom stereocenters. The van der Waals surface area contributed by atoms with Gasteiger partial charge in [0, 0.05) is 31.0 Å². The number of imidazole rings is 1. The second-order valence-electron chi connectivity index (χ2n) is 7.88. The number of aliphatic hydroxyl groups excluding tert-OH is 1. The molecule has 1 saturated heterocycles. The van der Waals surface area contributed by atoms with Gasteiger partial charge in [0.15, 0.2) is 0 Å². The molecule has 3 aromatic rings. The van der Waals surface area contributed by atoms with E-state index < -0.39 is 17.7 Å². The van der Waals surface area contributed by atoms with Gasteiger partial charge in [-0.3, -0.25) is 9.59 Å². The lowest BCUT2D eigenvalue weighted by atomic mass is 9.95. The highest BCUT2D eigenvalue weighted by Crippen LogP contribution is 2.40. The van der Waals surface area contributed by atoms with Crippen LogP contribution in [-0.4, -0.2) is 51.5 Å². The lowest BCUT2D eigenvalue weighted by Gasteiger charge is -2.25. The van der Waals surface area contributed by atoms with Crippen LogP contribution in [0.5, 0.6) is 11.5 Å². The largest absolute Gasteiger partial charge is 0.507 e. The normalized spacial score (nSPS) is 17.2. The van der Waals surface area contributed by atoms with Crippen molar-refractivity contribution in [3.63, 3.8) is 0 Å². The molecular formula is C26H27N3O5. The van der Waals surface area contributed by atoms with E-state index in [-0.39, 0.29) is 11.3 Å². The van der Waals surface area contributed by atoms with Gasteiger partial charge in [-0.15, -0.1) is 0 Å². The summed E-state index contributed by atoms with van der Waals surface area (Å²) in [4.78, 5) is 31.8. The number of hydrogen-bond donors (Lipinski definition) is 1. The number of methoxy groups -OCH3 is 1. The van der Waals surface area contributed by atoms with Crippen molar-refractivity contribution in [2.24, 2.45) is 0 Å². The van der Waals surface area contributed by atoms with Crippen molar-refractivity contribution in [1.82, 2.24) is 14.5 Å². The summed E-state index contributed by atoms with van der Waals surface area (Å²) in [6, 6.07) is 13.3. The van der Waals surface area contributed by atoms with Crippen molar-refractivity contribution in [2.75, 3.05) is 20.3 Å². The fourth-order valence-corrected chi connectivity index (χ4v) is 4.12. The van der Waals surface area contributed by atoms with Gasteiger partial charge >= 0.3 is 0 Å². The third-order valence-electron chi connectivity index (χ3n) is 5.78. The molecule has 34 heavy (non-hydrogen) atoms. The van der Waals surface area contributed by atoms with Gasteiger partial charge in [0.2, 0.25) is 0 Å². The molecule has 0 aliphatic carbocycles. The summed E-state index contributed by atoms with van der Waals surface area (Å²) in [5.74, 6) is -0.218. The second-order valence-corrected chi connectivity index (χ2v) is 7.88. The molecule has 176 valence electrons. The molecule has 1 atom stereocenters. The first-order chi connectivity index (χ1) is 16.5. The summed E-state index contributed by atoms with van der Waals surface area (Å²) in [6.07, 6.45) is 5.88. The number of rotatable bonds is 9. The average Bonchev–Trinajstić information content (AvgIpc) is 3.47. The number of amides is 1. The van der Waals surface area contributed by atoms with Crippen molar-refractivity contribution < 1.29 is 24.2 Å². The Morgan fingerprint density at radius 2 is 1.74 bits per heavy atom. The number of aromatic nitrogens is 2. The molecule has 4 rings (SSSR count). The number of aryl methyl sites for hydroxylation is 1. The van der Waals surface area contributed by atoms with E-state index in [1.54, 1.807) is 56.0 Å². The molecular weight excluding hydrogens is 434 g/mol. The van der Waals surface area contributed by atoms with Crippen LogP contribution in [0.3, 0.4) is 0 Å². The number of ether oxygens (including phenoxy) is 2. The summed E-state index contributed by atoms with van der Waals surface area (Å²) >= 11 is 0. The molecule has 2 aromatic carbocycles. The average molecular weight is 462 g/mol. The van der Waals surface area contributed by atoms with E-state index in [2.05, 4.69) is 4.98 Å². The zero-order valence-corrected chi connectivity index (χ0v) is 19.2. The van der Waals surface area contributed by atoms with Crippen LogP contribution in [0.2, 0.25) is 0 Å². The highest BCUT2D eigenvalue weighted by Gasteiger charge is 2.45. The van der Waals surface area contributed by atoms with E-state index in [1.807, 2.05) is 29.8 Å². The molecule has 0 saturated carbocycles. The Kier molecular flexibility index (Phi) is 6.96. The van der Waals surface area contributed by atoms with E-state index in [0.29, 0.717) is 43.2 Å². The van der Waals surface area contributed by atoms with E-state index in [9.17, 15) is 14.7 Å². The molecule has 0 radical (unpaired) electrons. The van der Waals surface area contributed by atoms with Gasteiger partial charge in [0.05, 0.1) is 31.7 Å². The number of benzene rings is 2. The van der Waals surface area contributed by atoms with Crippen molar-refractivity contribution in [3.05, 3.63) is 84.0 Å². The van der Waals surface area contributed by atoms with Gasteiger partial charge in [-0.25, -0.2) is 4.98 Å². The third-order valence-corrected chi connectivity index (χ3v) is 5.78. The maximum absolute atomic E-state index is 13.1. The quantitative estimate of drug-likeness (QED) is 0.296. The Bertz CT molecular complexity index is 1170. The fourth-order valence-electron chi connectivity index (χ4n) is 4.12. The highest BCUT2D eigenvalue weighted by molar-refractivity contribution is 6.46. The summed E-state index contributed by atoms with van der Waals surface area (Å²) < 4.78 is 12.6. The lowest BCUT2D eigenvalue weighted by molar-refractivity contribution is -0.139. The zero-order valence-electron chi connectivity index (χ0n) is 19.2. The van der Waals surface area contributed by atoms with Crippen LogP contribution in [0.25, 0.3) is 5.76 Å². The van der Waals surface area contributed by atoms with Gasteiger partial charge in [-0.2, -0.15) is 0 Å². The molecule has 1 aliphatic heterocycles. The van der Waals surface area contributed by atoms with Crippen LogP contribution in [0, 0.1) is 0 Å². The molecule has 1 aliphatic rings. The number of hydrogen-bond acceptors (Lipinski definition) is 6. The predicted molar refractivity (Wildman–Crippen MR) is 126 cm³/mol. The molecule has 1 aromatic heterocycles. The SMILES string of the molecule is CCOc1ccc(C2/C(=C(/O)c3ccc(OC)cc3)C(=O)C(=O)N2CCCn2ccnc2)cc1. The van der Waals surface area contributed by atoms with E-state index in [0.717, 1.165) is 5.56 Å². The standard InChI is InChI=1S/C26H27N3O5/c1-3-34-21-11-5-18(6-12-21)23-22(24(30)19-7-9-20(33-2)10-8-19)25(31)26(32)29(23)15-4-14-28-16-13-27-17-28/h5-13,16-17,23,30H,3-4,14-15H2,1-2H3/b24-22-. The van der Waals surface area contributed by atoms with Crippen LogP contribution in [0.4, 0.5) is 0 Å². The first-order valence-corrected chi connectivity index (χ1v) is 11.1. The Morgan fingerprint density at radius 3 is 2.35 bits per heavy atom.